The minimum Gasteiger partial charge on any atom is -0.493 e. The zero-order valence-electron chi connectivity index (χ0n) is 9.96. The van der Waals surface area contributed by atoms with Gasteiger partial charge in [-0.15, -0.1) is 0 Å². The number of carboxylic acid groups (broad SMARTS) is 1. The fourth-order valence-electron chi connectivity index (χ4n) is 1.44. The molecule has 0 aliphatic rings. The third-order valence-corrected chi connectivity index (χ3v) is 2.63. The molecule has 1 heterocycles. The Balaban J connectivity index is 2.40. The van der Waals surface area contributed by atoms with E-state index in [0.29, 0.717) is 10.8 Å². The molecule has 0 saturated heterocycles. The highest BCUT2D eigenvalue weighted by Gasteiger charge is 2.12. The fraction of sp³-hybridized carbons (Fsp3) is 0.0769. The summed E-state index contributed by atoms with van der Waals surface area (Å²) in [5, 5.41) is 9.28. The Hall–Kier alpha value is -2.27. The average Bonchev–Trinajstić information content (AvgIpc) is 2.41. The van der Waals surface area contributed by atoms with E-state index < -0.39 is 5.97 Å². The maximum atomic E-state index is 10.9. The summed E-state index contributed by atoms with van der Waals surface area (Å²) in [7, 11) is 1.46. The van der Waals surface area contributed by atoms with Gasteiger partial charge in [0.2, 0.25) is 5.88 Å². The molecule has 0 amide bonds. The van der Waals surface area contributed by atoms with Gasteiger partial charge in [0.15, 0.2) is 11.5 Å². The minimum absolute atomic E-state index is 0.0860. The topological polar surface area (TPSA) is 68.7 Å². The van der Waals surface area contributed by atoms with Crippen LogP contribution in [0.2, 0.25) is 5.02 Å². The molecule has 1 aromatic carbocycles. The second-order valence-corrected chi connectivity index (χ2v) is 3.97. The van der Waals surface area contributed by atoms with Gasteiger partial charge in [0.05, 0.1) is 12.7 Å². The minimum atomic E-state index is -1.06. The van der Waals surface area contributed by atoms with Crippen LogP contribution in [0.4, 0.5) is 0 Å². The second-order valence-electron chi connectivity index (χ2n) is 3.56. The van der Waals surface area contributed by atoms with Gasteiger partial charge in [-0.2, -0.15) is 0 Å². The molecular weight excluding hydrogens is 270 g/mol. The van der Waals surface area contributed by atoms with Crippen molar-refractivity contribution in [1.82, 2.24) is 4.98 Å². The summed E-state index contributed by atoms with van der Waals surface area (Å²) in [4.78, 5) is 14.9. The molecule has 1 aromatic heterocycles. The number of hydrogen-bond donors (Lipinski definition) is 1. The Kier molecular flexibility index (Phi) is 3.87. The lowest BCUT2D eigenvalue weighted by atomic mass is 10.2. The van der Waals surface area contributed by atoms with Crippen molar-refractivity contribution in [1.29, 1.82) is 0 Å². The molecule has 0 radical (unpaired) electrons. The number of carbonyl (C=O) groups is 1. The van der Waals surface area contributed by atoms with E-state index in [1.807, 2.05) is 0 Å². The largest absolute Gasteiger partial charge is 0.493 e. The molecule has 0 aliphatic carbocycles. The van der Waals surface area contributed by atoms with Crippen molar-refractivity contribution >= 4 is 17.6 Å². The van der Waals surface area contributed by atoms with Gasteiger partial charge < -0.3 is 14.6 Å². The molecule has 2 rings (SSSR count). The third-order valence-electron chi connectivity index (χ3n) is 2.34. The molecule has 0 fully saturated rings. The molecule has 6 heteroatoms. The summed E-state index contributed by atoms with van der Waals surface area (Å²) >= 11 is 5.93. The first-order valence-electron chi connectivity index (χ1n) is 5.31. The first-order valence-corrected chi connectivity index (χ1v) is 5.69. The summed E-state index contributed by atoms with van der Waals surface area (Å²) in [6.45, 7) is 0. The number of rotatable bonds is 4. The van der Waals surface area contributed by atoms with Gasteiger partial charge in [-0.05, 0) is 30.3 Å². The van der Waals surface area contributed by atoms with E-state index in [1.165, 1.54) is 31.5 Å². The van der Waals surface area contributed by atoms with Crippen molar-refractivity contribution < 1.29 is 19.4 Å². The van der Waals surface area contributed by atoms with Gasteiger partial charge in [-0.3, -0.25) is 0 Å². The summed E-state index contributed by atoms with van der Waals surface area (Å²) in [5.41, 5.74) is 0.0860. The van der Waals surface area contributed by atoms with E-state index in [4.69, 9.17) is 26.2 Å². The molecule has 0 unspecified atom stereocenters. The van der Waals surface area contributed by atoms with Gasteiger partial charge in [-0.25, -0.2) is 9.78 Å². The monoisotopic (exact) mass is 279 g/mol. The van der Waals surface area contributed by atoms with E-state index in [9.17, 15) is 4.79 Å². The third kappa shape index (κ3) is 2.95. The maximum Gasteiger partial charge on any atom is 0.335 e. The lowest BCUT2D eigenvalue weighted by Gasteiger charge is -2.10. The molecule has 2 aromatic rings. The second kappa shape index (κ2) is 5.58. The lowest BCUT2D eigenvalue weighted by molar-refractivity contribution is 0.0696. The molecule has 0 spiro atoms. The summed E-state index contributed by atoms with van der Waals surface area (Å²) in [6, 6.07) is 7.58. The predicted molar refractivity (Wildman–Crippen MR) is 69.3 cm³/mol. The van der Waals surface area contributed by atoms with Crippen molar-refractivity contribution in [2.24, 2.45) is 0 Å². The number of halogens is 1. The normalized spacial score (nSPS) is 10.0. The number of benzene rings is 1. The van der Waals surface area contributed by atoms with Crippen LogP contribution in [0, 0.1) is 0 Å². The van der Waals surface area contributed by atoms with Crippen LogP contribution >= 0.6 is 11.6 Å². The number of nitrogens with zero attached hydrogens (tertiary/aromatic N) is 1. The Morgan fingerprint density at radius 3 is 2.74 bits per heavy atom. The number of ether oxygens (including phenoxy) is 2. The van der Waals surface area contributed by atoms with E-state index in [0.717, 1.165) is 0 Å². The Morgan fingerprint density at radius 2 is 2.11 bits per heavy atom. The van der Waals surface area contributed by atoms with Crippen LogP contribution in [-0.4, -0.2) is 23.2 Å². The molecule has 1 N–H and O–H groups in total. The molecule has 19 heavy (non-hydrogen) atoms. The van der Waals surface area contributed by atoms with Crippen molar-refractivity contribution in [3.05, 3.63) is 47.1 Å². The SMILES string of the molecule is COc1ccc(C(=O)O)cc1Oc1ncccc1Cl. The van der Waals surface area contributed by atoms with Crippen molar-refractivity contribution in [3.8, 4) is 17.4 Å². The van der Waals surface area contributed by atoms with Crippen LogP contribution in [0.5, 0.6) is 17.4 Å². The highest BCUT2D eigenvalue weighted by Crippen LogP contribution is 2.34. The number of aromatic nitrogens is 1. The number of pyridine rings is 1. The van der Waals surface area contributed by atoms with Gasteiger partial charge in [0.1, 0.15) is 5.02 Å². The van der Waals surface area contributed by atoms with Crippen molar-refractivity contribution in [2.75, 3.05) is 7.11 Å². The molecule has 0 bridgehead atoms. The van der Waals surface area contributed by atoms with Crippen LogP contribution in [0.1, 0.15) is 10.4 Å². The zero-order chi connectivity index (χ0) is 13.8. The standard InChI is InChI=1S/C13H10ClNO4/c1-18-10-5-4-8(13(16)17)7-11(10)19-12-9(14)3-2-6-15-12/h2-7H,1H3,(H,16,17). The van der Waals surface area contributed by atoms with E-state index >= 15 is 0 Å². The predicted octanol–water partition coefficient (Wildman–Crippen LogP) is 3.23. The fourth-order valence-corrected chi connectivity index (χ4v) is 1.60. The lowest BCUT2D eigenvalue weighted by Crippen LogP contribution is -1.99. The quantitative estimate of drug-likeness (QED) is 0.930. The summed E-state index contributed by atoms with van der Waals surface area (Å²) in [6.07, 6.45) is 1.52. The van der Waals surface area contributed by atoms with E-state index in [1.54, 1.807) is 12.1 Å². The molecule has 0 atom stereocenters. The van der Waals surface area contributed by atoms with Crippen LogP contribution < -0.4 is 9.47 Å². The molecule has 98 valence electrons. The van der Waals surface area contributed by atoms with Crippen molar-refractivity contribution in [3.63, 3.8) is 0 Å². The van der Waals surface area contributed by atoms with Gasteiger partial charge in [-0.1, -0.05) is 11.6 Å². The van der Waals surface area contributed by atoms with Crippen LogP contribution in [-0.2, 0) is 0 Å². The highest BCUT2D eigenvalue weighted by atomic mass is 35.5. The maximum absolute atomic E-state index is 10.9. The van der Waals surface area contributed by atoms with Gasteiger partial charge in [0.25, 0.3) is 0 Å². The Morgan fingerprint density at radius 1 is 1.32 bits per heavy atom. The summed E-state index contributed by atoms with van der Waals surface area (Å²) in [5.74, 6) is -0.237. The van der Waals surface area contributed by atoms with E-state index in [2.05, 4.69) is 4.98 Å². The zero-order valence-corrected chi connectivity index (χ0v) is 10.7. The number of methoxy groups -OCH3 is 1. The number of hydrogen-bond acceptors (Lipinski definition) is 4. The molecule has 0 aliphatic heterocycles. The first-order chi connectivity index (χ1) is 9.11. The average molecular weight is 280 g/mol. The number of aromatic carboxylic acids is 1. The van der Waals surface area contributed by atoms with Crippen LogP contribution in [0.25, 0.3) is 0 Å². The van der Waals surface area contributed by atoms with Gasteiger partial charge >= 0.3 is 5.97 Å². The van der Waals surface area contributed by atoms with Crippen LogP contribution in [0.15, 0.2) is 36.5 Å². The van der Waals surface area contributed by atoms with Crippen molar-refractivity contribution in [2.45, 2.75) is 0 Å². The summed E-state index contributed by atoms with van der Waals surface area (Å²) < 4.78 is 10.6. The Bertz CT molecular complexity index is 615. The Labute approximate surface area is 114 Å². The smallest absolute Gasteiger partial charge is 0.335 e. The van der Waals surface area contributed by atoms with E-state index in [-0.39, 0.29) is 17.2 Å². The molecule has 0 saturated carbocycles. The van der Waals surface area contributed by atoms with Gasteiger partial charge in [0, 0.05) is 6.20 Å². The number of carboxylic acids is 1. The van der Waals surface area contributed by atoms with Crippen LogP contribution in [0.3, 0.4) is 0 Å². The molecular formula is C13H10ClNO4. The first kappa shape index (κ1) is 13.2. The molecule has 5 nitrogen and oxygen atoms in total. The highest BCUT2D eigenvalue weighted by molar-refractivity contribution is 6.31.